The van der Waals surface area contributed by atoms with E-state index in [1.165, 1.54) is 11.8 Å². The largest absolute Gasteiger partial charge is 0.370 e. The summed E-state index contributed by atoms with van der Waals surface area (Å²) in [5, 5.41) is 7.45. The summed E-state index contributed by atoms with van der Waals surface area (Å²) in [5.41, 5.74) is 0.883. The van der Waals surface area contributed by atoms with E-state index >= 15 is 0 Å². The van der Waals surface area contributed by atoms with Crippen molar-refractivity contribution in [3.05, 3.63) is 24.3 Å². The predicted octanol–water partition coefficient (Wildman–Crippen LogP) is 2.68. The first kappa shape index (κ1) is 15.6. The molecule has 21 heavy (non-hydrogen) atoms. The Labute approximate surface area is 128 Å². The van der Waals surface area contributed by atoms with Gasteiger partial charge in [-0.05, 0) is 32.9 Å². The number of hydrogen-bond donors (Lipinski definition) is 2. The fourth-order valence-electron chi connectivity index (χ4n) is 1.94. The minimum atomic E-state index is -0.222. The summed E-state index contributed by atoms with van der Waals surface area (Å²) >= 11 is 1.37. The van der Waals surface area contributed by atoms with Gasteiger partial charge in [0.15, 0.2) is 5.16 Å². The summed E-state index contributed by atoms with van der Waals surface area (Å²) in [5.74, 6) is 0.818. The van der Waals surface area contributed by atoms with Crippen molar-refractivity contribution in [3.63, 3.8) is 0 Å². The standard InChI is InChI=1S/C15H20N4OS/c1-4-16-13-11-8-6-7-9-12(11)18-15(19-13)21-10(3)14(20)17-5-2/h6-10H,4-5H2,1-3H3,(H,17,20)(H,16,18,19). The molecule has 5 nitrogen and oxygen atoms in total. The number of hydrogen-bond acceptors (Lipinski definition) is 5. The van der Waals surface area contributed by atoms with Crippen molar-refractivity contribution in [1.82, 2.24) is 15.3 Å². The maximum atomic E-state index is 11.8. The van der Waals surface area contributed by atoms with Crippen LogP contribution in [0.5, 0.6) is 0 Å². The monoisotopic (exact) mass is 304 g/mol. The Bertz CT molecular complexity index is 632. The number of fused-ring (bicyclic) bond motifs is 1. The molecule has 2 aromatic rings. The van der Waals surface area contributed by atoms with E-state index in [2.05, 4.69) is 20.6 Å². The molecule has 112 valence electrons. The summed E-state index contributed by atoms with van der Waals surface area (Å²) in [7, 11) is 0. The molecule has 1 amide bonds. The maximum absolute atomic E-state index is 11.8. The molecule has 0 aliphatic heterocycles. The summed E-state index contributed by atoms with van der Waals surface area (Å²) in [6.07, 6.45) is 0. The lowest BCUT2D eigenvalue weighted by Crippen LogP contribution is -2.30. The van der Waals surface area contributed by atoms with E-state index in [1.54, 1.807) is 0 Å². The van der Waals surface area contributed by atoms with Gasteiger partial charge in [0.1, 0.15) is 5.82 Å². The van der Waals surface area contributed by atoms with Gasteiger partial charge in [-0.3, -0.25) is 4.79 Å². The van der Waals surface area contributed by atoms with Crippen molar-refractivity contribution in [1.29, 1.82) is 0 Å². The predicted molar refractivity (Wildman–Crippen MR) is 87.7 cm³/mol. The van der Waals surface area contributed by atoms with Crippen molar-refractivity contribution >= 4 is 34.4 Å². The van der Waals surface area contributed by atoms with Crippen LogP contribution in [0.1, 0.15) is 20.8 Å². The van der Waals surface area contributed by atoms with Gasteiger partial charge < -0.3 is 10.6 Å². The molecule has 1 unspecified atom stereocenters. The molecule has 0 aliphatic rings. The third-order valence-electron chi connectivity index (χ3n) is 2.93. The molecule has 1 heterocycles. The Morgan fingerprint density at radius 2 is 2.00 bits per heavy atom. The molecule has 0 saturated carbocycles. The molecular weight excluding hydrogens is 284 g/mol. The Kier molecular flexibility index (Phi) is 5.38. The zero-order valence-corrected chi connectivity index (χ0v) is 13.3. The van der Waals surface area contributed by atoms with Gasteiger partial charge in [0.25, 0.3) is 0 Å². The van der Waals surface area contributed by atoms with E-state index in [0.717, 1.165) is 23.3 Å². The number of para-hydroxylation sites is 1. The van der Waals surface area contributed by atoms with Crippen molar-refractivity contribution in [2.75, 3.05) is 18.4 Å². The van der Waals surface area contributed by atoms with E-state index in [1.807, 2.05) is 45.0 Å². The summed E-state index contributed by atoms with van der Waals surface area (Å²) in [6.45, 7) is 7.22. The quantitative estimate of drug-likeness (QED) is 0.634. The Hall–Kier alpha value is -1.82. The summed E-state index contributed by atoms with van der Waals surface area (Å²) < 4.78 is 0. The van der Waals surface area contributed by atoms with Crippen LogP contribution in [0, 0.1) is 0 Å². The molecule has 1 aromatic carbocycles. The van der Waals surface area contributed by atoms with E-state index in [9.17, 15) is 4.79 Å². The van der Waals surface area contributed by atoms with Gasteiger partial charge in [-0.15, -0.1) is 0 Å². The third kappa shape index (κ3) is 3.85. The molecule has 6 heteroatoms. The van der Waals surface area contributed by atoms with Gasteiger partial charge in [0.2, 0.25) is 5.91 Å². The zero-order valence-electron chi connectivity index (χ0n) is 12.5. The van der Waals surface area contributed by atoms with Crippen LogP contribution in [0.4, 0.5) is 5.82 Å². The smallest absolute Gasteiger partial charge is 0.233 e. The van der Waals surface area contributed by atoms with E-state index < -0.39 is 0 Å². The van der Waals surface area contributed by atoms with Crippen LogP contribution in [0.15, 0.2) is 29.4 Å². The Morgan fingerprint density at radius 3 is 2.71 bits per heavy atom. The van der Waals surface area contributed by atoms with Crippen LogP contribution in [0.2, 0.25) is 0 Å². The Morgan fingerprint density at radius 1 is 1.24 bits per heavy atom. The first-order valence-corrected chi connectivity index (χ1v) is 7.98. The summed E-state index contributed by atoms with van der Waals surface area (Å²) in [6, 6.07) is 7.87. The fourth-order valence-corrected chi connectivity index (χ4v) is 2.74. The molecule has 0 aliphatic carbocycles. The molecule has 0 spiro atoms. The van der Waals surface area contributed by atoms with Crippen LogP contribution in [-0.2, 0) is 4.79 Å². The van der Waals surface area contributed by atoms with Crippen LogP contribution in [-0.4, -0.2) is 34.2 Å². The molecule has 0 radical (unpaired) electrons. The first-order chi connectivity index (χ1) is 10.2. The topological polar surface area (TPSA) is 66.9 Å². The SMILES string of the molecule is CCNC(=O)C(C)Sc1nc(NCC)c2ccccc2n1. The number of nitrogens with one attached hydrogen (secondary N) is 2. The highest BCUT2D eigenvalue weighted by Gasteiger charge is 2.16. The van der Waals surface area contributed by atoms with E-state index in [-0.39, 0.29) is 11.2 Å². The fraction of sp³-hybridized carbons (Fsp3) is 0.400. The highest BCUT2D eigenvalue weighted by molar-refractivity contribution is 8.00. The van der Waals surface area contributed by atoms with Gasteiger partial charge >= 0.3 is 0 Å². The molecular formula is C15H20N4OS. The molecule has 0 fully saturated rings. The number of nitrogens with zero attached hydrogens (tertiary/aromatic N) is 2. The van der Waals surface area contributed by atoms with Gasteiger partial charge in [-0.25, -0.2) is 9.97 Å². The lowest BCUT2D eigenvalue weighted by atomic mass is 10.2. The number of carbonyl (C=O) groups is 1. The van der Waals surface area contributed by atoms with E-state index in [4.69, 9.17) is 0 Å². The van der Waals surface area contributed by atoms with Gasteiger partial charge in [0.05, 0.1) is 10.8 Å². The zero-order chi connectivity index (χ0) is 15.2. The second-order valence-electron chi connectivity index (χ2n) is 4.56. The highest BCUT2D eigenvalue weighted by atomic mass is 32.2. The molecule has 0 saturated heterocycles. The minimum Gasteiger partial charge on any atom is -0.370 e. The maximum Gasteiger partial charge on any atom is 0.233 e. The average molecular weight is 304 g/mol. The number of carbonyl (C=O) groups excluding carboxylic acids is 1. The normalized spacial score (nSPS) is 12.1. The van der Waals surface area contributed by atoms with Crippen molar-refractivity contribution in [3.8, 4) is 0 Å². The van der Waals surface area contributed by atoms with E-state index in [0.29, 0.717) is 11.7 Å². The number of amides is 1. The molecule has 0 bridgehead atoms. The lowest BCUT2D eigenvalue weighted by Gasteiger charge is -2.12. The molecule has 2 N–H and O–H groups in total. The summed E-state index contributed by atoms with van der Waals surface area (Å²) in [4.78, 5) is 20.9. The highest BCUT2D eigenvalue weighted by Crippen LogP contribution is 2.26. The molecule has 1 aromatic heterocycles. The van der Waals surface area contributed by atoms with Crippen molar-refractivity contribution in [2.45, 2.75) is 31.2 Å². The van der Waals surface area contributed by atoms with Gasteiger partial charge in [0, 0.05) is 18.5 Å². The van der Waals surface area contributed by atoms with Crippen LogP contribution >= 0.6 is 11.8 Å². The van der Waals surface area contributed by atoms with Crippen LogP contribution in [0.3, 0.4) is 0 Å². The number of anilines is 1. The minimum absolute atomic E-state index is 0.00394. The van der Waals surface area contributed by atoms with Crippen molar-refractivity contribution in [2.24, 2.45) is 0 Å². The van der Waals surface area contributed by atoms with Crippen LogP contribution < -0.4 is 10.6 Å². The first-order valence-electron chi connectivity index (χ1n) is 7.10. The number of benzene rings is 1. The van der Waals surface area contributed by atoms with Gasteiger partial charge in [-0.2, -0.15) is 0 Å². The number of rotatable bonds is 6. The number of aromatic nitrogens is 2. The Balaban J connectivity index is 2.29. The average Bonchev–Trinajstić information content (AvgIpc) is 2.48. The lowest BCUT2D eigenvalue weighted by molar-refractivity contribution is -0.120. The van der Waals surface area contributed by atoms with Crippen LogP contribution in [0.25, 0.3) is 10.9 Å². The third-order valence-corrected chi connectivity index (χ3v) is 3.89. The molecule has 1 atom stereocenters. The second-order valence-corrected chi connectivity index (χ2v) is 5.86. The second kappa shape index (κ2) is 7.26. The number of thioether (sulfide) groups is 1. The van der Waals surface area contributed by atoms with Crippen molar-refractivity contribution < 1.29 is 4.79 Å². The molecule has 2 rings (SSSR count). The van der Waals surface area contributed by atoms with Gasteiger partial charge in [-0.1, -0.05) is 23.9 Å².